The topological polar surface area (TPSA) is 49.7 Å². The van der Waals surface area contributed by atoms with E-state index < -0.39 is 17.6 Å². The number of aliphatic imine (C=N–C) groups is 1. The summed E-state index contributed by atoms with van der Waals surface area (Å²) in [4.78, 5) is 17.3. The Balaban J connectivity index is 2.08. The number of Topliss-reactive ketones (excluding diaryl/α,β-unsaturated/α-hetero) is 1. The predicted molar refractivity (Wildman–Crippen MR) is 79.2 cm³/mol. The SMILES string of the molecule is C[C@@]12CCCCC1=N[C@@H](c1ccccc1Cl)[C@H](O)C2=O. The van der Waals surface area contributed by atoms with Gasteiger partial charge in [-0.05, 0) is 37.8 Å². The Hall–Kier alpha value is -1.19. The average molecular weight is 292 g/mol. The molecule has 3 nitrogen and oxygen atoms in total. The molecule has 1 aliphatic carbocycles. The number of rotatable bonds is 1. The highest BCUT2D eigenvalue weighted by atomic mass is 35.5. The van der Waals surface area contributed by atoms with Gasteiger partial charge in [0.05, 0.1) is 5.41 Å². The number of hydrogen-bond acceptors (Lipinski definition) is 3. The Kier molecular flexibility index (Phi) is 3.43. The molecule has 3 atom stereocenters. The van der Waals surface area contributed by atoms with Crippen LogP contribution in [-0.2, 0) is 4.79 Å². The Morgan fingerprint density at radius 2 is 2.10 bits per heavy atom. The Morgan fingerprint density at radius 3 is 2.85 bits per heavy atom. The molecule has 4 heteroatoms. The van der Waals surface area contributed by atoms with Gasteiger partial charge in [0, 0.05) is 10.7 Å². The third kappa shape index (κ3) is 2.00. The van der Waals surface area contributed by atoms with Crippen LogP contribution in [0.2, 0.25) is 5.02 Å². The molecule has 106 valence electrons. The van der Waals surface area contributed by atoms with E-state index in [1.807, 2.05) is 25.1 Å². The number of aliphatic hydroxyl groups excluding tert-OH is 1. The summed E-state index contributed by atoms with van der Waals surface area (Å²) in [6.07, 6.45) is 2.62. The molecule has 0 unspecified atom stereocenters. The lowest BCUT2D eigenvalue weighted by atomic mass is 9.66. The summed E-state index contributed by atoms with van der Waals surface area (Å²) in [5.74, 6) is -0.105. The van der Waals surface area contributed by atoms with Crippen LogP contribution >= 0.6 is 11.6 Å². The van der Waals surface area contributed by atoms with Crippen molar-refractivity contribution >= 4 is 23.1 Å². The number of halogens is 1. The first-order chi connectivity index (χ1) is 9.54. The van der Waals surface area contributed by atoms with Gasteiger partial charge in [0.2, 0.25) is 0 Å². The maximum absolute atomic E-state index is 12.6. The van der Waals surface area contributed by atoms with Crippen molar-refractivity contribution in [3.05, 3.63) is 34.9 Å². The number of carbonyl (C=O) groups excluding carboxylic acids is 1. The Labute approximate surface area is 123 Å². The fourth-order valence-corrected chi connectivity index (χ4v) is 3.57. The van der Waals surface area contributed by atoms with E-state index in [0.717, 1.165) is 37.0 Å². The van der Waals surface area contributed by atoms with Crippen molar-refractivity contribution < 1.29 is 9.90 Å². The Bertz CT molecular complexity index is 584. The van der Waals surface area contributed by atoms with Crippen molar-refractivity contribution in [3.63, 3.8) is 0 Å². The highest BCUT2D eigenvalue weighted by Crippen LogP contribution is 2.43. The van der Waals surface area contributed by atoms with Gasteiger partial charge < -0.3 is 5.11 Å². The van der Waals surface area contributed by atoms with Crippen molar-refractivity contribution in [1.29, 1.82) is 0 Å². The van der Waals surface area contributed by atoms with E-state index in [4.69, 9.17) is 16.6 Å². The van der Waals surface area contributed by atoms with Gasteiger partial charge in [-0.2, -0.15) is 0 Å². The van der Waals surface area contributed by atoms with Crippen LogP contribution in [0.1, 0.15) is 44.2 Å². The van der Waals surface area contributed by atoms with Crippen LogP contribution in [-0.4, -0.2) is 22.7 Å². The van der Waals surface area contributed by atoms with E-state index in [1.165, 1.54) is 0 Å². The van der Waals surface area contributed by atoms with Crippen molar-refractivity contribution in [3.8, 4) is 0 Å². The molecule has 0 aromatic heterocycles. The number of carbonyl (C=O) groups is 1. The first-order valence-corrected chi connectivity index (χ1v) is 7.46. The summed E-state index contributed by atoms with van der Waals surface area (Å²) in [5.41, 5.74) is 1.09. The minimum absolute atomic E-state index is 0.105. The van der Waals surface area contributed by atoms with Crippen molar-refractivity contribution in [2.75, 3.05) is 0 Å². The van der Waals surface area contributed by atoms with Crippen LogP contribution in [0.3, 0.4) is 0 Å². The molecule has 1 N–H and O–H groups in total. The van der Waals surface area contributed by atoms with Gasteiger partial charge in [0.25, 0.3) is 0 Å². The highest BCUT2D eigenvalue weighted by molar-refractivity contribution is 6.31. The molecule has 1 heterocycles. The minimum atomic E-state index is -1.10. The van der Waals surface area contributed by atoms with Gasteiger partial charge in [-0.25, -0.2) is 0 Å². The third-order valence-corrected chi connectivity index (χ3v) is 4.95. The maximum atomic E-state index is 12.6. The van der Waals surface area contributed by atoms with Crippen LogP contribution in [0, 0.1) is 5.41 Å². The van der Waals surface area contributed by atoms with Gasteiger partial charge in [0.15, 0.2) is 5.78 Å². The van der Waals surface area contributed by atoms with E-state index in [9.17, 15) is 9.90 Å². The zero-order valence-electron chi connectivity index (χ0n) is 11.5. The molecule has 1 saturated carbocycles. The van der Waals surface area contributed by atoms with Crippen molar-refractivity contribution in [1.82, 2.24) is 0 Å². The molecule has 0 amide bonds. The van der Waals surface area contributed by atoms with Gasteiger partial charge in [-0.3, -0.25) is 9.79 Å². The maximum Gasteiger partial charge on any atom is 0.175 e. The lowest BCUT2D eigenvalue weighted by Gasteiger charge is -2.41. The fourth-order valence-electron chi connectivity index (χ4n) is 3.33. The molecule has 0 spiro atoms. The highest BCUT2D eigenvalue weighted by Gasteiger charge is 2.49. The third-order valence-electron chi connectivity index (χ3n) is 4.61. The molecule has 1 aliphatic heterocycles. The molecule has 20 heavy (non-hydrogen) atoms. The summed E-state index contributed by atoms with van der Waals surface area (Å²) >= 11 is 6.19. The van der Waals surface area contributed by atoms with E-state index in [1.54, 1.807) is 6.07 Å². The molecule has 1 aromatic carbocycles. The van der Waals surface area contributed by atoms with Crippen molar-refractivity contribution in [2.24, 2.45) is 10.4 Å². The molecule has 1 fully saturated rings. The van der Waals surface area contributed by atoms with Crippen LogP contribution in [0.5, 0.6) is 0 Å². The largest absolute Gasteiger partial charge is 0.383 e. The zero-order chi connectivity index (χ0) is 14.3. The van der Waals surface area contributed by atoms with E-state index in [0.29, 0.717) is 5.02 Å². The van der Waals surface area contributed by atoms with Gasteiger partial charge in [-0.1, -0.05) is 36.2 Å². The summed E-state index contributed by atoms with van der Waals surface area (Å²) in [7, 11) is 0. The van der Waals surface area contributed by atoms with Crippen LogP contribution in [0.4, 0.5) is 0 Å². The first-order valence-electron chi connectivity index (χ1n) is 7.08. The average Bonchev–Trinajstić information content (AvgIpc) is 2.45. The Morgan fingerprint density at radius 1 is 1.35 bits per heavy atom. The molecule has 2 aliphatic rings. The van der Waals surface area contributed by atoms with Gasteiger partial charge in [0.1, 0.15) is 12.1 Å². The molecular weight excluding hydrogens is 274 g/mol. The van der Waals surface area contributed by atoms with Crippen LogP contribution in [0.15, 0.2) is 29.3 Å². The second kappa shape index (κ2) is 4.97. The second-order valence-corrected chi connectivity index (χ2v) is 6.30. The number of aliphatic hydroxyl groups is 1. The minimum Gasteiger partial charge on any atom is -0.383 e. The molecule has 1 aromatic rings. The number of benzene rings is 1. The molecule has 0 radical (unpaired) electrons. The number of nitrogens with zero attached hydrogens (tertiary/aromatic N) is 1. The zero-order valence-corrected chi connectivity index (χ0v) is 12.2. The standard InChI is InChI=1S/C16H18ClNO2/c1-16-9-5-4-8-12(16)18-13(14(19)15(16)20)10-6-2-3-7-11(10)17/h2-3,6-7,13-14,19H,4-5,8-9H2,1H3/t13-,14-,16+/m0/s1. The number of ketones is 1. The normalized spacial score (nSPS) is 33.5. The summed E-state index contributed by atoms with van der Waals surface area (Å²) < 4.78 is 0. The van der Waals surface area contributed by atoms with Gasteiger partial charge >= 0.3 is 0 Å². The smallest absolute Gasteiger partial charge is 0.175 e. The number of fused-ring (bicyclic) bond motifs is 1. The lowest BCUT2D eigenvalue weighted by Crippen LogP contribution is -2.50. The van der Waals surface area contributed by atoms with Crippen molar-refractivity contribution in [2.45, 2.75) is 44.8 Å². The molecule has 3 rings (SSSR count). The quantitative estimate of drug-likeness (QED) is 0.862. The summed E-state index contributed by atoms with van der Waals surface area (Å²) in [6.45, 7) is 1.92. The van der Waals surface area contributed by atoms with E-state index >= 15 is 0 Å². The monoisotopic (exact) mass is 291 g/mol. The predicted octanol–water partition coefficient (Wildman–Crippen LogP) is 3.35. The van der Waals surface area contributed by atoms with Gasteiger partial charge in [-0.15, -0.1) is 0 Å². The fraction of sp³-hybridized carbons (Fsp3) is 0.500. The second-order valence-electron chi connectivity index (χ2n) is 5.89. The van der Waals surface area contributed by atoms with E-state index in [2.05, 4.69) is 0 Å². The first kappa shape index (κ1) is 13.8. The summed E-state index contributed by atoms with van der Waals surface area (Å²) in [6, 6.07) is 6.73. The molecular formula is C16H18ClNO2. The molecule has 0 saturated heterocycles. The van der Waals surface area contributed by atoms with E-state index in [-0.39, 0.29) is 5.78 Å². The lowest BCUT2D eigenvalue weighted by molar-refractivity contribution is -0.136. The molecule has 0 bridgehead atoms. The van der Waals surface area contributed by atoms with Crippen LogP contribution < -0.4 is 0 Å². The number of hydrogen-bond donors (Lipinski definition) is 1. The summed E-state index contributed by atoms with van der Waals surface area (Å²) in [5, 5.41) is 11.0. The van der Waals surface area contributed by atoms with Crippen LogP contribution in [0.25, 0.3) is 0 Å².